The Balaban J connectivity index is 1.68. The molecular formula is C22H39NO2S. The first-order valence-corrected chi connectivity index (χ1v) is 11.7. The maximum absolute atomic E-state index is 6.46. The second kappa shape index (κ2) is 11.5. The molecule has 0 aromatic carbocycles. The Labute approximate surface area is 165 Å². The van der Waals surface area contributed by atoms with E-state index in [9.17, 15) is 0 Å². The van der Waals surface area contributed by atoms with Crippen molar-refractivity contribution in [2.45, 2.75) is 76.3 Å². The quantitative estimate of drug-likeness (QED) is 0.466. The van der Waals surface area contributed by atoms with Gasteiger partial charge < -0.3 is 9.47 Å². The molecule has 0 heterocycles. The van der Waals surface area contributed by atoms with Crippen molar-refractivity contribution in [3.05, 3.63) is 23.8 Å². The zero-order chi connectivity index (χ0) is 18.8. The van der Waals surface area contributed by atoms with Crippen molar-refractivity contribution in [2.24, 2.45) is 0 Å². The fourth-order valence-corrected chi connectivity index (χ4v) is 4.71. The highest BCUT2D eigenvalue weighted by molar-refractivity contribution is 7.99. The van der Waals surface area contributed by atoms with Crippen LogP contribution in [-0.4, -0.2) is 61.0 Å². The second-order valence-electron chi connectivity index (χ2n) is 8.15. The predicted molar refractivity (Wildman–Crippen MR) is 114 cm³/mol. The van der Waals surface area contributed by atoms with Crippen molar-refractivity contribution in [3.8, 4) is 0 Å². The lowest BCUT2D eigenvalue weighted by atomic mass is 9.96. The van der Waals surface area contributed by atoms with Gasteiger partial charge in [0.1, 0.15) is 0 Å². The standard InChI is InChI=1S/C22H39NO2S/c1-5-23(17-19-11-7-6-8-12-19)15-16-24-18-22(2,3)25-20-13-9-10-14-21(20)26-4/h7,11-12,20-21H,5-6,8-10,13-18H2,1-4H3. The number of rotatable bonds is 11. The SMILES string of the molecule is CCN(CCOCC(C)(C)OC1CCCCC1SC)CC1=CCCC=C1. The summed E-state index contributed by atoms with van der Waals surface area (Å²) in [6.07, 6.45) is 17.0. The Morgan fingerprint density at radius 2 is 2.04 bits per heavy atom. The van der Waals surface area contributed by atoms with Gasteiger partial charge in [0.25, 0.3) is 0 Å². The minimum absolute atomic E-state index is 0.207. The van der Waals surface area contributed by atoms with Gasteiger partial charge in [0.05, 0.1) is 24.9 Å². The lowest BCUT2D eigenvalue weighted by Gasteiger charge is -2.37. The third-order valence-corrected chi connectivity index (χ3v) is 6.49. The summed E-state index contributed by atoms with van der Waals surface area (Å²) in [4.78, 5) is 2.46. The summed E-state index contributed by atoms with van der Waals surface area (Å²) in [6.45, 7) is 11.1. The molecule has 2 aliphatic carbocycles. The average Bonchev–Trinajstić information content (AvgIpc) is 2.65. The first-order valence-electron chi connectivity index (χ1n) is 10.4. The molecule has 4 heteroatoms. The van der Waals surface area contributed by atoms with Crippen molar-refractivity contribution < 1.29 is 9.47 Å². The van der Waals surface area contributed by atoms with Crippen LogP contribution in [0.15, 0.2) is 23.8 Å². The van der Waals surface area contributed by atoms with Crippen molar-refractivity contribution in [2.75, 3.05) is 39.1 Å². The van der Waals surface area contributed by atoms with Gasteiger partial charge in [-0.05, 0) is 57.9 Å². The maximum Gasteiger partial charge on any atom is 0.0863 e. The van der Waals surface area contributed by atoms with Crippen molar-refractivity contribution in [1.29, 1.82) is 0 Å². The zero-order valence-electron chi connectivity index (χ0n) is 17.3. The smallest absolute Gasteiger partial charge is 0.0863 e. The molecule has 150 valence electrons. The fraction of sp³-hybridized carbons (Fsp3) is 0.818. The Morgan fingerprint density at radius 1 is 1.23 bits per heavy atom. The highest BCUT2D eigenvalue weighted by Gasteiger charge is 2.31. The minimum atomic E-state index is -0.207. The molecule has 2 rings (SSSR count). The molecule has 0 aromatic rings. The number of hydrogen-bond donors (Lipinski definition) is 0. The summed E-state index contributed by atoms with van der Waals surface area (Å²) in [7, 11) is 0. The number of thioether (sulfide) groups is 1. The summed E-state index contributed by atoms with van der Waals surface area (Å²) in [6, 6.07) is 0. The molecule has 0 bridgehead atoms. The molecule has 0 saturated heterocycles. The Morgan fingerprint density at radius 3 is 2.73 bits per heavy atom. The van der Waals surface area contributed by atoms with Crippen LogP contribution in [0.4, 0.5) is 0 Å². The van der Waals surface area contributed by atoms with E-state index in [4.69, 9.17) is 9.47 Å². The van der Waals surface area contributed by atoms with Crippen LogP contribution in [0.1, 0.15) is 59.3 Å². The highest BCUT2D eigenvalue weighted by Crippen LogP contribution is 2.32. The van der Waals surface area contributed by atoms with Crippen molar-refractivity contribution in [1.82, 2.24) is 4.90 Å². The number of likely N-dealkylation sites (N-methyl/N-ethyl adjacent to an activating group) is 1. The first-order chi connectivity index (χ1) is 12.5. The zero-order valence-corrected chi connectivity index (χ0v) is 18.2. The average molecular weight is 382 g/mol. The van der Waals surface area contributed by atoms with E-state index in [2.05, 4.69) is 50.2 Å². The van der Waals surface area contributed by atoms with Gasteiger partial charge in [-0.15, -0.1) is 0 Å². The normalized spacial score (nSPS) is 24.1. The highest BCUT2D eigenvalue weighted by atomic mass is 32.2. The van der Waals surface area contributed by atoms with E-state index in [1.807, 2.05) is 11.8 Å². The van der Waals surface area contributed by atoms with E-state index in [1.165, 1.54) is 44.1 Å². The number of nitrogens with zero attached hydrogens (tertiary/aromatic N) is 1. The van der Waals surface area contributed by atoms with Crippen LogP contribution in [-0.2, 0) is 9.47 Å². The number of hydrogen-bond acceptors (Lipinski definition) is 4. The van der Waals surface area contributed by atoms with E-state index in [1.54, 1.807) is 0 Å². The minimum Gasteiger partial charge on any atom is -0.377 e. The molecule has 0 aliphatic heterocycles. The molecule has 26 heavy (non-hydrogen) atoms. The topological polar surface area (TPSA) is 21.7 Å². The Bertz CT molecular complexity index is 461. The molecule has 1 saturated carbocycles. The molecule has 2 unspecified atom stereocenters. The lowest BCUT2D eigenvalue weighted by molar-refractivity contribution is -0.119. The van der Waals surface area contributed by atoms with Crippen LogP contribution in [0.2, 0.25) is 0 Å². The maximum atomic E-state index is 6.46. The first kappa shape index (κ1) is 22.0. The van der Waals surface area contributed by atoms with Crippen LogP contribution in [0.25, 0.3) is 0 Å². The van der Waals surface area contributed by atoms with Gasteiger partial charge in [-0.25, -0.2) is 0 Å². The van der Waals surface area contributed by atoms with Crippen LogP contribution in [0.5, 0.6) is 0 Å². The van der Waals surface area contributed by atoms with Crippen molar-refractivity contribution >= 4 is 11.8 Å². The van der Waals surface area contributed by atoms with E-state index in [0.717, 1.165) is 26.2 Å². The Kier molecular flexibility index (Phi) is 9.76. The molecule has 2 aliphatic rings. The third-order valence-electron chi connectivity index (χ3n) is 5.34. The number of allylic oxidation sites excluding steroid dienone is 2. The predicted octanol–water partition coefficient (Wildman–Crippen LogP) is 5.07. The van der Waals surface area contributed by atoms with Gasteiger partial charge in [0, 0.05) is 18.3 Å². The summed E-state index contributed by atoms with van der Waals surface area (Å²) in [5.41, 5.74) is 1.24. The fourth-order valence-electron chi connectivity index (χ4n) is 3.81. The summed E-state index contributed by atoms with van der Waals surface area (Å²) in [5, 5.41) is 0.649. The van der Waals surface area contributed by atoms with Crippen molar-refractivity contribution in [3.63, 3.8) is 0 Å². The van der Waals surface area contributed by atoms with Crippen LogP contribution >= 0.6 is 11.8 Å². The van der Waals surface area contributed by atoms with Gasteiger partial charge in [-0.1, -0.05) is 38.0 Å². The van der Waals surface area contributed by atoms with Gasteiger partial charge in [-0.2, -0.15) is 11.8 Å². The van der Waals surface area contributed by atoms with Crippen LogP contribution in [0.3, 0.4) is 0 Å². The van der Waals surface area contributed by atoms with Crippen LogP contribution in [0, 0.1) is 0 Å². The lowest BCUT2D eigenvalue weighted by Crippen LogP contribution is -2.41. The molecule has 0 N–H and O–H groups in total. The summed E-state index contributed by atoms with van der Waals surface area (Å²) >= 11 is 1.96. The van der Waals surface area contributed by atoms with Gasteiger partial charge in [0.15, 0.2) is 0 Å². The monoisotopic (exact) mass is 381 g/mol. The molecule has 0 radical (unpaired) electrons. The Hall–Kier alpha value is -0.290. The molecule has 1 fully saturated rings. The molecule has 3 nitrogen and oxygen atoms in total. The molecule has 0 aromatic heterocycles. The second-order valence-corrected chi connectivity index (χ2v) is 9.23. The van der Waals surface area contributed by atoms with E-state index >= 15 is 0 Å². The van der Waals surface area contributed by atoms with E-state index in [-0.39, 0.29) is 5.60 Å². The molecular weight excluding hydrogens is 342 g/mol. The van der Waals surface area contributed by atoms with Crippen LogP contribution < -0.4 is 0 Å². The molecule has 2 atom stereocenters. The number of ether oxygens (including phenoxy) is 2. The summed E-state index contributed by atoms with van der Waals surface area (Å²) < 4.78 is 12.5. The van der Waals surface area contributed by atoms with Gasteiger partial charge in [0.2, 0.25) is 0 Å². The third kappa shape index (κ3) is 7.75. The van der Waals surface area contributed by atoms with E-state index < -0.39 is 0 Å². The van der Waals surface area contributed by atoms with Gasteiger partial charge in [-0.3, -0.25) is 4.90 Å². The summed E-state index contributed by atoms with van der Waals surface area (Å²) in [5.74, 6) is 0. The van der Waals surface area contributed by atoms with Gasteiger partial charge >= 0.3 is 0 Å². The largest absolute Gasteiger partial charge is 0.377 e. The van der Waals surface area contributed by atoms with E-state index in [0.29, 0.717) is 18.0 Å². The molecule has 0 spiro atoms. The molecule has 0 amide bonds.